The topological polar surface area (TPSA) is 153 Å². The van der Waals surface area contributed by atoms with Gasteiger partial charge >= 0.3 is 6.18 Å². The van der Waals surface area contributed by atoms with Crippen LogP contribution in [-0.2, 0) is 27.2 Å². The highest BCUT2D eigenvalue weighted by Gasteiger charge is 2.37. The van der Waals surface area contributed by atoms with Crippen LogP contribution in [0.4, 0.5) is 22.0 Å². The van der Waals surface area contributed by atoms with Gasteiger partial charge in [0.15, 0.2) is 0 Å². The number of nitrogens with one attached hydrogen (secondary N) is 1. The number of rotatable bonds is 6. The number of halogens is 6. The second-order valence-electron chi connectivity index (χ2n) is 15.3. The Morgan fingerprint density at radius 1 is 0.780 bits per heavy atom. The Balaban J connectivity index is 0.000000181. The van der Waals surface area contributed by atoms with Crippen molar-refractivity contribution in [2.45, 2.75) is 95.1 Å². The average Bonchev–Trinajstić information content (AvgIpc) is 4.01. The average molecular weight is 843 g/mol. The highest BCUT2D eigenvalue weighted by atomic mass is 35.5. The summed E-state index contributed by atoms with van der Waals surface area (Å²) in [6.07, 6.45) is 8.16. The van der Waals surface area contributed by atoms with Gasteiger partial charge in [-0.2, -0.15) is 13.2 Å². The van der Waals surface area contributed by atoms with Gasteiger partial charge < -0.3 is 21.7 Å². The highest BCUT2D eigenvalue weighted by molar-refractivity contribution is 6.66. The van der Waals surface area contributed by atoms with E-state index in [-0.39, 0.29) is 29.4 Å². The maximum absolute atomic E-state index is 15.2. The summed E-state index contributed by atoms with van der Waals surface area (Å²) >= 11 is 4.71. The van der Waals surface area contributed by atoms with Gasteiger partial charge in [0.05, 0.1) is 0 Å². The molecule has 2 aromatic carbocycles. The van der Waals surface area contributed by atoms with Crippen molar-refractivity contribution >= 4 is 52.0 Å². The summed E-state index contributed by atoms with van der Waals surface area (Å²) in [4.78, 5) is 55.6. The summed E-state index contributed by atoms with van der Waals surface area (Å²) in [5, 5.41) is 2.87. The summed E-state index contributed by atoms with van der Waals surface area (Å²) in [5.41, 5.74) is 22.3. The zero-order chi connectivity index (χ0) is 43.2. The van der Waals surface area contributed by atoms with Crippen molar-refractivity contribution < 1.29 is 45.9 Å². The van der Waals surface area contributed by atoms with E-state index in [0.29, 0.717) is 36.2 Å². The van der Waals surface area contributed by atoms with E-state index in [1.165, 1.54) is 40.5 Å². The van der Waals surface area contributed by atoms with Crippen molar-refractivity contribution in [2.75, 3.05) is 26.2 Å². The molecule has 0 aromatic heterocycles. The van der Waals surface area contributed by atoms with Gasteiger partial charge in [-0.05, 0) is 159 Å². The fraction of sp³-hybridized carbons (Fsp3) is 0.432. The number of nitrogens with zero attached hydrogens (tertiary/aromatic N) is 1. The number of alkyl halides is 3. The van der Waals surface area contributed by atoms with Gasteiger partial charge in [-0.3, -0.25) is 24.0 Å². The third-order valence-electron chi connectivity index (χ3n) is 11.7. The summed E-state index contributed by atoms with van der Waals surface area (Å²) in [6.45, 7) is 9.64. The zero-order valence-electron chi connectivity index (χ0n) is 32.7. The number of primary amides is 2. The zero-order valence-corrected chi connectivity index (χ0v) is 33.4. The molecule has 2 heterocycles. The molecular weight excluding hydrogens is 795 g/mol. The normalized spacial score (nSPS) is 20.0. The molecule has 0 saturated carbocycles. The summed E-state index contributed by atoms with van der Waals surface area (Å²) in [7, 11) is 0. The molecule has 316 valence electrons. The molecule has 5 N–H and O–H groups in total. The van der Waals surface area contributed by atoms with E-state index >= 15 is 4.39 Å². The Morgan fingerprint density at radius 3 is 1.66 bits per heavy atom. The molecule has 2 atom stereocenters. The molecule has 59 heavy (non-hydrogen) atoms. The number of benzene rings is 2. The van der Waals surface area contributed by atoms with E-state index in [0.717, 1.165) is 118 Å². The van der Waals surface area contributed by atoms with Gasteiger partial charge in [-0.25, -0.2) is 8.78 Å². The molecule has 9 nitrogen and oxygen atoms in total. The molecule has 0 spiro atoms. The summed E-state index contributed by atoms with van der Waals surface area (Å²) in [5.74, 6) is -1.66. The number of aldehydes is 1. The molecule has 8 rings (SSSR count). The standard InChI is InChI=1S/C21H23FN2O2.C18H21FN2O.C3H3ClO.C2HF3O/c1-2-18(25)24-8-4-6-13(11-24)19-17(22)10-16(21(23)26)15-9-12-5-3-7-14(12)20(15)19;19-15-8-14(18(20)22)13-7-10-3-1-5-12(10)17(13)16(15)11-4-2-6-21-9-11;1-2-3(4)5;3-2(4,5)1-6/h2,10,13H,1,3-9,11H2,(H2,23,26);8,11,21H,1-7,9H2,(H2,20,22);2H,1H2;1H. The molecule has 15 heteroatoms. The number of carbonyl (C=O) groups excluding carboxylic acids is 5. The quantitative estimate of drug-likeness (QED) is 0.117. The van der Waals surface area contributed by atoms with Crippen LogP contribution in [0, 0.1) is 11.6 Å². The third kappa shape index (κ3) is 10.3. The molecule has 2 unspecified atom stereocenters. The largest absolute Gasteiger partial charge is 0.446 e. The van der Waals surface area contributed by atoms with E-state index in [1.54, 1.807) is 4.90 Å². The Kier molecular flexibility index (Phi) is 14.9. The van der Waals surface area contributed by atoms with E-state index in [9.17, 15) is 36.7 Å². The molecule has 0 bridgehead atoms. The van der Waals surface area contributed by atoms with Crippen LogP contribution >= 0.6 is 11.6 Å². The van der Waals surface area contributed by atoms with Crippen LogP contribution in [0.25, 0.3) is 11.1 Å². The number of carbonyl (C=O) groups is 5. The first-order valence-electron chi connectivity index (χ1n) is 19.7. The third-order valence-corrected chi connectivity index (χ3v) is 11.9. The van der Waals surface area contributed by atoms with Crippen LogP contribution < -0.4 is 16.8 Å². The lowest BCUT2D eigenvalue weighted by Crippen LogP contribution is -2.38. The van der Waals surface area contributed by atoms with Gasteiger partial charge in [0.25, 0.3) is 0 Å². The molecule has 2 saturated heterocycles. The number of amides is 3. The van der Waals surface area contributed by atoms with Gasteiger partial charge in [-0.15, -0.1) is 0 Å². The van der Waals surface area contributed by atoms with E-state index < -0.39 is 29.5 Å². The van der Waals surface area contributed by atoms with E-state index in [2.05, 4.69) is 18.5 Å². The summed E-state index contributed by atoms with van der Waals surface area (Å²) in [6, 6.07) is 2.69. The van der Waals surface area contributed by atoms with Gasteiger partial charge in [-0.1, -0.05) is 24.3 Å². The van der Waals surface area contributed by atoms with Crippen molar-refractivity contribution in [3.8, 4) is 0 Å². The fourth-order valence-electron chi connectivity index (χ4n) is 9.38. The van der Waals surface area contributed by atoms with Gasteiger partial charge in [0.2, 0.25) is 29.3 Å². The molecule has 6 aliphatic rings. The Hall–Kier alpha value is -4.95. The van der Waals surface area contributed by atoms with Crippen LogP contribution in [0.15, 0.2) is 48.6 Å². The SMILES string of the molecule is C=CC(=O)Cl.C=CC(=O)N1CCCC(c2c(F)cc(C(N)=O)c3c2C2=C(CCC2)C3)C1.NC(=O)c1cc(F)c(C2CCCNC2)c2c1CC1=C2CCC1.O=CC(F)(F)F. The predicted molar refractivity (Wildman–Crippen MR) is 216 cm³/mol. The second-order valence-corrected chi connectivity index (χ2v) is 15.7. The minimum absolute atomic E-state index is 0.0595. The van der Waals surface area contributed by atoms with Crippen molar-refractivity contribution in [2.24, 2.45) is 11.5 Å². The Bertz CT molecular complexity index is 2120. The molecular formula is C44H48ClF5N4O5. The minimum atomic E-state index is -4.64. The lowest BCUT2D eigenvalue weighted by Gasteiger charge is -2.34. The Labute approximate surface area is 344 Å². The van der Waals surface area contributed by atoms with Crippen molar-refractivity contribution in [1.82, 2.24) is 10.2 Å². The van der Waals surface area contributed by atoms with Gasteiger partial charge in [0, 0.05) is 47.8 Å². The second kappa shape index (κ2) is 19.4. The van der Waals surface area contributed by atoms with E-state index in [4.69, 9.17) is 27.9 Å². The minimum Gasteiger partial charge on any atom is -0.366 e. The number of hydrogen-bond donors (Lipinski definition) is 3. The maximum Gasteiger partial charge on any atom is 0.446 e. The maximum atomic E-state index is 15.2. The molecule has 2 aliphatic heterocycles. The van der Waals surface area contributed by atoms with Crippen LogP contribution in [0.3, 0.4) is 0 Å². The smallest absolute Gasteiger partial charge is 0.366 e. The first kappa shape index (κ1) is 45.1. The predicted octanol–water partition coefficient (Wildman–Crippen LogP) is 7.88. The molecule has 3 amide bonds. The number of fused-ring (bicyclic) bond motifs is 4. The number of hydrogen-bond acceptors (Lipinski definition) is 6. The van der Waals surface area contributed by atoms with Crippen molar-refractivity contribution in [3.05, 3.63) is 105 Å². The van der Waals surface area contributed by atoms with Crippen molar-refractivity contribution in [3.63, 3.8) is 0 Å². The Morgan fingerprint density at radius 2 is 1.25 bits per heavy atom. The number of likely N-dealkylation sites (tertiary alicyclic amines) is 1. The van der Waals surface area contributed by atoms with Gasteiger partial charge in [0.1, 0.15) is 11.6 Å². The van der Waals surface area contributed by atoms with Crippen LogP contribution in [0.1, 0.15) is 130 Å². The molecule has 0 radical (unpaired) electrons. The first-order valence-corrected chi connectivity index (χ1v) is 20.1. The molecule has 4 aliphatic carbocycles. The number of allylic oxidation sites excluding steroid dienone is 5. The van der Waals surface area contributed by atoms with Crippen LogP contribution in [0.5, 0.6) is 0 Å². The monoisotopic (exact) mass is 842 g/mol. The lowest BCUT2D eigenvalue weighted by molar-refractivity contribution is -0.156. The highest BCUT2D eigenvalue weighted by Crippen LogP contribution is 2.50. The van der Waals surface area contributed by atoms with Crippen molar-refractivity contribution in [1.29, 1.82) is 0 Å². The first-order chi connectivity index (χ1) is 28.0. The molecule has 2 fully saturated rings. The number of nitrogens with two attached hydrogens (primary N) is 2. The fourth-order valence-corrected chi connectivity index (χ4v) is 9.38. The lowest BCUT2D eigenvalue weighted by atomic mass is 9.82. The van der Waals surface area contributed by atoms with Crippen LogP contribution in [-0.4, -0.2) is 66.5 Å². The summed E-state index contributed by atoms with van der Waals surface area (Å²) < 4.78 is 61.3. The number of piperidine rings is 2. The molecule has 2 aromatic rings. The van der Waals surface area contributed by atoms with Crippen LogP contribution in [0.2, 0.25) is 0 Å². The van der Waals surface area contributed by atoms with E-state index in [1.807, 2.05) is 0 Å².